The number of nitrogens with one attached hydrogen (secondary N) is 1. The fraction of sp³-hybridized carbons (Fsp3) is 0.294. The van der Waals surface area contributed by atoms with Gasteiger partial charge in [-0.2, -0.15) is 0 Å². The van der Waals surface area contributed by atoms with E-state index >= 15 is 0 Å². The molecule has 0 fully saturated rings. The number of fused-ring (bicyclic) bond motifs is 1. The predicted octanol–water partition coefficient (Wildman–Crippen LogP) is 3.10. The molecule has 0 atom stereocenters. The van der Waals surface area contributed by atoms with Crippen molar-refractivity contribution in [1.29, 1.82) is 0 Å². The first-order valence-electron chi connectivity index (χ1n) is 7.30. The number of carbonyl (C=O) groups excluding carboxylic acids is 1. The largest absolute Gasteiger partial charge is 0.384 e. The van der Waals surface area contributed by atoms with E-state index in [-0.39, 0.29) is 5.91 Å². The molecule has 0 bridgehead atoms. The standard InChI is InChI=1S/C17H19N3O/c1-11-9-13(10-16(18)19-11)17(21)20-15-8-4-6-12-5-2-3-7-14(12)15/h4,6,8-10H,2-3,5,7H2,1H3,(H2,18,19)(H,20,21). The van der Waals surface area contributed by atoms with Crippen LogP contribution in [0.1, 0.15) is 40.0 Å². The number of hydrogen-bond acceptors (Lipinski definition) is 3. The van der Waals surface area contributed by atoms with Gasteiger partial charge in [0.25, 0.3) is 5.91 Å². The zero-order valence-electron chi connectivity index (χ0n) is 12.1. The van der Waals surface area contributed by atoms with Crippen molar-refractivity contribution in [2.45, 2.75) is 32.6 Å². The number of rotatable bonds is 2. The Hall–Kier alpha value is -2.36. The number of nitrogens with zero attached hydrogens (tertiary/aromatic N) is 1. The number of nitrogen functional groups attached to an aromatic ring is 1. The molecule has 4 nitrogen and oxygen atoms in total. The van der Waals surface area contributed by atoms with E-state index in [1.807, 2.05) is 19.1 Å². The molecule has 0 radical (unpaired) electrons. The fourth-order valence-electron chi connectivity index (χ4n) is 2.92. The van der Waals surface area contributed by atoms with Crippen molar-refractivity contribution < 1.29 is 4.79 Å². The molecule has 0 unspecified atom stereocenters. The summed E-state index contributed by atoms with van der Waals surface area (Å²) in [7, 11) is 0. The SMILES string of the molecule is Cc1cc(C(=O)Nc2cccc3c2CCCC3)cc(N)n1. The lowest BCUT2D eigenvalue weighted by Crippen LogP contribution is -2.16. The number of benzene rings is 1. The van der Waals surface area contributed by atoms with Gasteiger partial charge in [0.2, 0.25) is 0 Å². The van der Waals surface area contributed by atoms with E-state index in [0.717, 1.165) is 24.2 Å². The van der Waals surface area contributed by atoms with Gasteiger partial charge in [0.15, 0.2) is 0 Å². The molecule has 0 saturated carbocycles. The maximum Gasteiger partial charge on any atom is 0.255 e. The highest BCUT2D eigenvalue weighted by Crippen LogP contribution is 2.28. The Labute approximate surface area is 124 Å². The van der Waals surface area contributed by atoms with Crippen LogP contribution in [-0.4, -0.2) is 10.9 Å². The van der Waals surface area contributed by atoms with E-state index in [2.05, 4.69) is 16.4 Å². The Kier molecular flexibility index (Phi) is 3.60. The molecule has 0 saturated heterocycles. The molecule has 2 aromatic rings. The van der Waals surface area contributed by atoms with Crippen LogP contribution in [0.25, 0.3) is 0 Å². The summed E-state index contributed by atoms with van der Waals surface area (Å²) < 4.78 is 0. The minimum Gasteiger partial charge on any atom is -0.384 e. The maximum atomic E-state index is 12.4. The summed E-state index contributed by atoms with van der Waals surface area (Å²) in [5.41, 5.74) is 10.6. The van der Waals surface area contributed by atoms with Gasteiger partial charge in [0.1, 0.15) is 5.82 Å². The number of amides is 1. The van der Waals surface area contributed by atoms with E-state index in [1.165, 1.54) is 24.0 Å². The second kappa shape index (κ2) is 5.56. The molecule has 1 aromatic carbocycles. The van der Waals surface area contributed by atoms with Crippen LogP contribution in [0.15, 0.2) is 30.3 Å². The number of pyridine rings is 1. The second-order valence-electron chi connectivity index (χ2n) is 5.53. The first-order chi connectivity index (χ1) is 10.1. The first kappa shape index (κ1) is 13.6. The van der Waals surface area contributed by atoms with Crippen molar-refractivity contribution in [3.05, 3.63) is 52.7 Å². The summed E-state index contributed by atoms with van der Waals surface area (Å²) >= 11 is 0. The van der Waals surface area contributed by atoms with Crippen molar-refractivity contribution in [2.24, 2.45) is 0 Å². The molecular weight excluding hydrogens is 262 g/mol. The molecule has 1 aliphatic rings. The van der Waals surface area contributed by atoms with E-state index in [0.29, 0.717) is 11.4 Å². The summed E-state index contributed by atoms with van der Waals surface area (Å²) in [6, 6.07) is 9.49. The summed E-state index contributed by atoms with van der Waals surface area (Å²) in [6.07, 6.45) is 4.54. The van der Waals surface area contributed by atoms with Gasteiger partial charge in [-0.15, -0.1) is 0 Å². The van der Waals surface area contributed by atoms with E-state index < -0.39 is 0 Å². The zero-order valence-corrected chi connectivity index (χ0v) is 12.1. The highest BCUT2D eigenvalue weighted by atomic mass is 16.1. The lowest BCUT2D eigenvalue weighted by Gasteiger charge is -2.19. The van der Waals surface area contributed by atoms with Crippen LogP contribution in [0.4, 0.5) is 11.5 Å². The zero-order chi connectivity index (χ0) is 14.8. The molecule has 1 aliphatic carbocycles. The van der Waals surface area contributed by atoms with Crippen molar-refractivity contribution in [2.75, 3.05) is 11.1 Å². The van der Waals surface area contributed by atoms with Gasteiger partial charge in [-0.25, -0.2) is 4.98 Å². The van der Waals surface area contributed by atoms with Crippen molar-refractivity contribution in [3.63, 3.8) is 0 Å². The Bertz CT molecular complexity index is 674. The smallest absolute Gasteiger partial charge is 0.255 e. The average molecular weight is 281 g/mol. The topological polar surface area (TPSA) is 68.0 Å². The molecule has 108 valence electrons. The molecule has 1 amide bonds. The third-order valence-electron chi connectivity index (χ3n) is 3.88. The quantitative estimate of drug-likeness (QED) is 0.888. The highest BCUT2D eigenvalue weighted by Gasteiger charge is 2.15. The second-order valence-corrected chi connectivity index (χ2v) is 5.53. The lowest BCUT2D eigenvalue weighted by molar-refractivity contribution is 0.102. The number of nitrogens with two attached hydrogens (primary N) is 1. The average Bonchev–Trinajstić information content (AvgIpc) is 2.46. The Morgan fingerprint density at radius 1 is 1.24 bits per heavy atom. The molecule has 21 heavy (non-hydrogen) atoms. The molecule has 0 spiro atoms. The van der Waals surface area contributed by atoms with Crippen LogP contribution in [0, 0.1) is 6.92 Å². The third-order valence-corrected chi connectivity index (χ3v) is 3.88. The normalized spacial score (nSPS) is 13.6. The Balaban J connectivity index is 1.88. The summed E-state index contributed by atoms with van der Waals surface area (Å²) in [6.45, 7) is 1.83. The maximum absolute atomic E-state index is 12.4. The number of aromatic nitrogens is 1. The number of carbonyl (C=O) groups is 1. The third kappa shape index (κ3) is 2.89. The van der Waals surface area contributed by atoms with Crippen molar-refractivity contribution >= 4 is 17.4 Å². The van der Waals surface area contributed by atoms with Gasteiger partial charge in [-0.05, 0) is 61.9 Å². The minimum atomic E-state index is -0.133. The van der Waals surface area contributed by atoms with Crippen molar-refractivity contribution in [3.8, 4) is 0 Å². The van der Waals surface area contributed by atoms with Crippen LogP contribution in [-0.2, 0) is 12.8 Å². The number of anilines is 2. The molecule has 1 aromatic heterocycles. The van der Waals surface area contributed by atoms with E-state index in [1.54, 1.807) is 12.1 Å². The molecular formula is C17H19N3O. The van der Waals surface area contributed by atoms with E-state index in [9.17, 15) is 4.79 Å². The van der Waals surface area contributed by atoms with Crippen molar-refractivity contribution in [1.82, 2.24) is 4.98 Å². The monoisotopic (exact) mass is 281 g/mol. The van der Waals surface area contributed by atoms with Gasteiger partial charge >= 0.3 is 0 Å². The lowest BCUT2D eigenvalue weighted by atomic mass is 9.90. The predicted molar refractivity (Wildman–Crippen MR) is 84.4 cm³/mol. The Morgan fingerprint density at radius 3 is 2.86 bits per heavy atom. The first-order valence-corrected chi connectivity index (χ1v) is 7.30. The summed E-state index contributed by atoms with van der Waals surface area (Å²) in [5.74, 6) is 0.237. The molecule has 1 heterocycles. The van der Waals surface area contributed by atoms with Crippen LogP contribution < -0.4 is 11.1 Å². The van der Waals surface area contributed by atoms with Gasteiger partial charge < -0.3 is 11.1 Å². The molecule has 3 rings (SSSR count). The number of aryl methyl sites for hydroxylation is 2. The van der Waals surface area contributed by atoms with Gasteiger partial charge in [-0.1, -0.05) is 12.1 Å². The van der Waals surface area contributed by atoms with Crippen LogP contribution in [0.3, 0.4) is 0 Å². The van der Waals surface area contributed by atoms with Gasteiger partial charge in [0, 0.05) is 16.9 Å². The Morgan fingerprint density at radius 2 is 2.05 bits per heavy atom. The summed E-state index contributed by atoms with van der Waals surface area (Å²) in [4.78, 5) is 16.5. The van der Waals surface area contributed by atoms with E-state index in [4.69, 9.17) is 5.73 Å². The van der Waals surface area contributed by atoms with Gasteiger partial charge in [0.05, 0.1) is 0 Å². The fourth-order valence-corrected chi connectivity index (χ4v) is 2.92. The molecule has 0 aliphatic heterocycles. The molecule has 3 N–H and O–H groups in total. The summed E-state index contributed by atoms with van der Waals surface area (Å²) in [5, 5.41) is 3.02. The van der Waals surface area contributed by atoms with Crippen LogP contribution >= 0.6 is 0 Å². The minimum absolute atomic E-state index is 0.133. The van der Waals surface area contributed by atoms with Crippen LogP contribution in [0.5, 0.6) is 0 Å². The van der Waals surface area contributed by atoms with Crippen LogP contribution in [0.2, 0.25) is 0 Å². The molecule has 4 heteroatoms. The number of hydrogen-bond donors (Lipinski definition) is 2. The van der Waals surface area contributed by atoms with Gasteiger partial charge in [-0.3, -0.25) is 4.79 Å². The highest BCUT2D eigenvalue weighted by molar-refractivity contribution is 6.05.